The van der Waals surface area contributed by atoms with Crippen LogP contribution in [0.4, 0.5) is 0 Å². The van der Waals surface area contributed by atoms with Crippen LogP contribution in [0.1, 0.15) is 40.0 Å². The maximum atomic E-state index is 9.09. The molecule has 0 unspecified atom stereocenters. The summed E-state index contributed by atoms with van der Waals surface area (Å²) >= 11 is 0. The number of hydrogen-bond acceptors (Lipinski definition) is 2. The minimum Gasteiger partial charge on any atom is -0.510 e. The zero-order valence-corrected chi connectivity index (χ0v) is 37.1. The normalized spacial score (nSPS) is 13.7. The molecule has 312 valence electrons. The summed E-state index contributed by atoms with van der Waals surface area (Å²) in [5.41, 5.74) is 6.16. The van der Waals surface area contributed by atoms with Crippen LogP contribution < -0.4 is 9.30 Å². The Bertz CT molecular complexity index is 3930. The number of hydrogen-bond donors (Lipinski definition) is 0. The van der Waals surface area contributed by atoms with E-state index in [1.54, 1.807) is 27.3 Å². The summed E-state index contributed by atoms with van der Waals surface area (Å²) in [6, 6.07) is 43.7. The molecular weight excluding hydrogens is 964 g/mol. The van der Waals surface area contributed by atoms with Gasteiger partial charge in [-0.15, -0.1) is 35.2 Å². The van der Waals surface area contributed by atoms with Gasteiger partial charge in [0.05, 0.1) is 30.4 Å². The number of rotatable bonds is 8. The predicted molar refractivity (Wildman–Crippen MR) is 255 cm³/mol. The van der Waals surface area contributed by atoms with Gasteiger partial charge in [-0.25, -0.2) is 4.98 Å². The van der Waals surface area contributed by atoms with Crippen LogP contribution in [-0.2, 0) is 26.5 Å². The summed E-state index contributed by atoms with van der Waals surface area (Å²) in [7, 11) is 0. The van der Waals surface area contributed by atoms with E-state index in [0.717, 1.165) is 44.3 Å². The standard InChI is InChI=1S/C58H42N4O.Pt/c1-58(2,3)44-32-33-59-56(36-44)62-52-27-14-13-24-50(52)51-31-30-46(38-55(51)62)63-47-35-43(40-18-7-4-8-19-40)34-45(37-47)60-39-61(54-29-16-15-28-53(54)60)57-48(41-20-9-5-10-21-41)25-17-26-49(57)42-22-11-6-12-23-42;/h4-36H,1-3H3;/q-2;/i5D,6D,9D,10D,11D,12D,20D,21D,22D,23D;. The number of aromatic nitrogens is 4. The van der Waals surface area contributed by atoms with Crippen molar-refractivity contribution in [1.82, 2.24) is 14.1 Å². The molecule has 0 aliphatic rings. The topological polar surface area (TPSA) is 35.9 Å². The van der Waals surface area contributed by atoms with Crippen LogP contribution in [0.2, 0.25) is 0 Å². The molecule has 0 radical (unpaired) electrons. The molecule has 0 aliphatic carbocycles. The molecule has 11 aromatic rings. The van der Waals surface area contributed by atoms with Crippen molar-refractivity contribution in [1.29, 1.82) is 0 Å². The molecule has 64 heavy (non-hydrogen) atoms. The minimum absolute atomic E-state index is 0. The SMILES string of the molecule is [2H]c1c([2H])c([2H])c(-c2cccc(-c3c([2H])c([2H])c([2H])c([2H])c3[2H])c2-[n+]2[c-]n(-c3[c-]c(Oc4[c-]c5c(cc4)c4ccccc4n5-c4cc(C(C)(C)C)ccn4)cc(-c4ccccc4)c3)c3ccccc32)c([2H])c1[2H].[Pt]. The van der Waals surface area contributed by atoms with Gasteiger partial charge in [0.1, 0.15) is 5.82 Å². The molecule has 0 N–H and O–H groups in total. The third-order valence-electron chi connectivity index (χ3n) is 11.2. The van der Waals surface area contributed by atoms with Gasteiger partial charge in [-0.2, -0.15) is 12.1 Å². The third-order valence-corrected chi connectivity index (χ3v) is 11.2. The van der Waals surface area contributed by atoms with E-state index in [9.17, 15) is 0 Å². The van der Waals surface area contributed by atoms with E-state index in [1.165, 1.54) is 0 Å². The van der Waals surface area contributed by atoms with Crippen LogP contribution in [0, 0.1) is 18.5 Å². The Kier molecular flexibility index (Phi) is 8.03. The van der Waals surface area contributed by atoms with Crippen LogP contribution in [0.3, 0.4) is 0 Å². The summed E-state index contributed by atoms with van der Waals surface area (Å²) in [5.74, 6) is 1.51. The van der Waals surface area contributed by atoms with E-state index in [-0.39, 0.29) is 54.4 Å². The van der Waals surface area contributed by atoms with E-state index < -0.39 is 60.4 Å². The van der Waals surface area contributed by atoms with Crippen molar-refractivity contribution < 1.29 is 44.1 Å². The first-order valence-corrected chi connectivity index (χ1v) is 20.5. The molecular formula is C58H42N4OPt-2. The fraction of sp³-hybridized carbons (Fsp3) is 0.0690. The van der Waals surface area contributed by atoms with Crippen molar-refractivity contribution in [3.63, 3.8) is 0 Å². The molecule has 3 heterocycles. The van der Waals surface area contributed by atoms with Crippen molar-refractivity contribution in [2.24, 2.45) is 0 Å². The quantitative estimate of drug-likeness (QED) is 0.112. The van der Waals surface area contributed by atoms with Crippen molar-refractivity contribution in [3.05, 3.63) is 224 Å². The van der Waals surface area contributed by atoms with Gasteiger partial charge in [-0.1, -0.05) is 178 Å². The van der Waals surface area contributed by atoms with Gasteiger partial charge >= 0.3 is 0 Å². The van der Waals surface area contributed by atoms with Crippen molar-refractivity contribution in [2.75, 3.05) is 0 Å². The Hall–Kier alpha value is -7.33. The van der Waals surface area contributed by atoms with Gasteiger partial charge in [0, 0.05) is 44.3 Å². The van der Waals surface area contributed by atoms with Gasteiger partial charge in [0.15, 0.2) is 0 Å². The number of nitrogens with zero attached hydrogens (tertiary/aromatic N) is 4. The summed E-state index contributed by atoms with van der Waals surface area (Å²) in [6.07, 6.45) is 5.31. The fourth-order valence-corrected chi connectivity index (χ4v) is 8.16. The molecule has 0 saturated carbocycles. The second-order valence-electron chi connectivity index (χ2n) is 16.1. The number of pyridine rings is 1. The Morgan fingerprint density at radius 2 is 1.27 bits per heavy atom. The first-order valence-electron chi connectivity index (χ1n) is 25.5. The fourth-order valence-electron chi connectivity index (χ4n) is 8.16. The zero-order valence-electron chi connectivity index (χ0n) is 44.8. The molecule has 5 nitrogen and oxygen atoms in total. The largest absolute Gasteiger partial charge is 0.510 e. The van der Waals surface area contributed by atoms with E-state index in [4.69, 9.17) is 23.4 Å². The Labute approximate surface area is 401 Å². The molecule has 11 rings (SSSR count). The van der Waals surface area contributed by atoms with Gasteiger partial charge in [0.2, 0.25) is 0 Å². The molecule has 0 fully saturated rings. The van der Waals surface area contributed by atoms with Crippen molar-refractivity contribution in [3.8, 4) is 62.1 Å². The minimum atomic E-state index is -0.576. The smallest absolute Gasteiger partial charge is 0.268 e. The average molecular weight is 1020 g/mol. The van der Waals surface area contributed by atoms with Crippen LogP contribution in [0.25, 0.3) is 83.4 Å². The van der Waals surface area contributed by atoms with Gasteiger partial charge < -0.3 is 13.9 Å². The Balaban J connectivity index is 0.00000626. The second kappa shape index (κ2) is 16.7. The first-order chi connectivity index (χ1) is 35.0. The second-order valence-corrected chi connectivity index (χ2v) is 16.1. The van der Waals surface area contributed by atoms with E-state index >= 15 is 0 Å². The van der Waals surface area contributed by atoms with Gasteiger partial charge in [-0.05, 0) is 68.1 Å². The molecule has 0 atom stereocenters. The van der Waals surface area contributed by atoms with E-state index in [0.29, 0.717) is 28.2 Å². The van der Waals surface area contributed by atoms with Crippen molar-refractivity contribution in [2.45, 2.75) is 26.2 Å². The number of para-hydroxylation sites is 4. The summed E-state index contributed by atoms with van der Waals surface area (Å²) in [5, 5.41) is 2.01. The van der Waals surface area contributed by atoms with Crippen LogP contribution >= 0.6 is 0 Å². The summed E-state index contributed by atoms with van der Waals surface area (Å²) in [6.45, 7) is 6.51. The molecule has 0 amide bonds. The molecule has 0 spiro atoms. The molecule has 0 aliphatic heterocycles. The van der Waals surface area contributed by atoms with Gasteiger partial charge in [-0.3, -0.25) is 4.57 Å². The molecule has 6 heteroatoms. The van der Waals surface area contributed by atoms with Crippen LogP contribution in [0.15, 0.2) is 200 Å². The van der Waals surface area contributed by atoms with Crippen LogP contribution in [0.5, 0.6) is 11.5 Å². The first kappa shape index (κ1) is 30.7. The van der Waals surface area contributed by atoms with Crippen LogP contribution in [-0.4, -0.2) is 14.1 Å². The monoisotopic (exact) mass is 1020 g/mol. The average Bonchev–Trinajstić information content (AvgIpc) is 3.95. The molecule has 3 aromatic heterocycles. The molecule has 8 aromatic carbocycles. The Morgan fingerprint density at radius 3 is 1.98 bits per heavy atom. The summed E-state index contributed by atoms with van der Waals surface area (Å²) in [4.78, 5) is 4.83. The number of imidazole rings is 1. The number of ether oxygens (including phenoxy) is 1. The molecule has 0 bridgehead atoms. The predicted octanol–water partition coefficient (Wildman–Crippen LogP) is 13.9. The summed E-state index contributed by atoms with van der Waals surface area (Å²) < 4.78 is 99.9. The van der Waals surface area contributed by atoms with Crippen molar-refractivity contribution >= 4 is 32.8 Å². The third kappa shape index (κ3) is 7.42. The van der Waals surface area contributed by atoms with E-state index in [1.807, 2.05) is 103 Å². The Morgan fingerprint density at radius 1 is 0.594 bits per heavy atom. The maximum absolute atomic E-state index is 9.09. The van der Waals surface area contributed by atoms with Gasteiger partial charge in [0.25, 0.3) is 6.33 Å². The maximum Gasteiger partial charge on any atom is 0.268 e. The number of fused-ring (bicyclic) bond motifs is 4. The molecule has 0 saturated heterocycles. The van der Waals surface area contributed by atoms with E-state index in [2.05, 4.69) is 62.0 Å². The number of benzene rings is 8. The zero-order chi connectivity index (χ0) is 51.2.